The molecule has 0 radical (unpaired) electrons. The van der Waals surface area contributed by atoms with Crippen LogP contribution >= 0.6 is 0 Å². The average molecular weight is 530 g/mol. The van der Waals surface area contributed by atoms with Crippen molar-refractivity contribution in [1.29, 1.82) is 5.26 Å². The highest BCUT2D eigenvalue weighted by Gasteiger charge is 2.31. The lowest BCUT2D eigenvalue weighted by Crippen LogP contribution is -2.41. The zero-order valence-corrected chi connectivity index (χ0v) is 22.3. The first-order valence-electron chi connectivity index (χ1n) is 12.0. The minimum absolute atomic E-state index is 0.0204. The molecule has 7 nitrogen and oxygen atoms in total. The molecular formula is C29H28FN5O2S. The molecule has 4 rings (SSSR count). The van der Waals surface area contributed by atoms with E-state index in [4.69, 9.17) is 0 Å². The highest BCUT2D eigenvalue weighted by Crippen LogP contribution is 2.29. The molecule has 0 aliphatic carbocycles. The molecule has 1 amide bonds. The fourth-order valence-electron chi connectivity index (χ4n) is 3.83. The number of benzene rings is 3. The van der Waals surface area contributed by atoms with Crippen molar-refractivity contribution < 1.29 is 13.7 Å². The summed E-state index contributed by atoms with van der Waals surface area (Å²) in [6, 6.07) is 23.7. The van der Waals surface area contributed by atoms with E-state index in [-0.39, 0.29) is 11.4 Å². The maximum atomic E-state index is 14.9. The molecule has 194 valence electrons. The number of carbonyl (C=O) groups excluding carboxylic acids is 1. The molecule has 0 spiro atoms. The third-order valence-corrected chi connectivity index (χ3v) is 7.33. The van der Waals surface area contributed by atoms with E-state index in [0.717, 1.165) is 5.56 Å². The molecular weight excluding hydrogens is 501 g/mol. The molecule has 0 aliphatic heterocycles. The molecule has 1 unspecified atom stereocenters. The van der Waals surface area contributed by atoms with Crippen LogP contribution in [0.1, 0.15) is 59.7 Å². The van der Waals surface area contributed by atoms with Crippen molar-refractivity contribution in [2.75, 3.05) is 5.32 Å². The van der Waals surface area contributed by atoms with Crippen molar-refractivity contribution in [3.63, 3.8) is 0 Å². The van der Waals surface area contributed by atoms with Crippen LogP contribution in [0.25, 0.3) is 5.69 Å². The van der Waals surface area contributed by atoms with Gasteiger partial charge in [-0.2, -0.15) is 10.4 Å². The van der Waals surface area contributed by atoms with Crippen LogP contribution in [0.2, 0.25) is 0 Å². The molecule has 38 heavy (non-hydrogen) atoms. The fourth-order valence-corrected chi connectivity index (χ4v) is 4.67. The monoisotopic (exact) mass is 529 g/mol. The molecule has 1 heterocycles. The van der Waals surface area contributed by atoms with Crippen molar-refractivity contribution in [3.05, 3.63) is 113 Å². The molecule has 1 aromatic heterocycles. The number of anilines is 1. The number of aryl methyl sites for hydroxylation is 1. The van der Waals surface area contributed by atoms with Crippen molar-refractivity contribution in [2.24, 2.45) is 0 Å². The quantitative estimate of drug-likeness (QED) is 0.304. The zero-order valence-electron chi connectivity index (χ0n) is 21.5. The van der Waals surface area contributed by atoms with Crippen molar-refractivity contribution in [1.82, 2.24) is 14.5 Å². The van der Waals surface area contributed by atoms with Crippen molar-refractivity contribution in [2.45, 2.75) is 38.5 Å². The number of nitrogens with one attached hydrogen (secondary N) is 2. The number of hydrogen-bond acceptors (Lipinski definition) is 5. The van der Waals surface area contributed by atoms with Gasteiger partial charge in [0.1, 0.15) is 22.3 Å². The molecule has 2 atom stereocenters. The number of amides is 1. The van der Waals surface area contributed by atoms with Gasteiger partial charge in [0.2, 0.25) is 0 Å². The van der Waals surface area contributed by atoms with Crippen LogP contribution in [-0.2, 0) is 11.4 Å². The lowest BCUT2D eigenvalue weighted by atomic mass is 9.99. The van der Waals surface area contributed by atoms with E-state index in [1.54, 1.807) is 49.4 Å². The lowest BCUT2D eigenvalue weighted by molar-refractivity contribution is 0.101. The van der Waals surface area contributed by atoms with Crippen LogP contribution in [0.4, 0.5) is 10.1 Å². The van der Waals surface area contributed by atoms with Crippen LogP contribution in [0.3, 0.4) is 0 Å². The molecule has 0 saturated heterocycles. The maximum absolute atomic E-state index is 14.9. The molecule has 0 saturated carbocycles. The third-order valence-electron chi connectivity index (χ3n) is 5.77. The lowest BCUT2D eigenvalue weighted by Gasteiger charge is -2.28. The van der Waals surface area contributed by atoms with Crippen LogP contribution in [0.5, 0.6) is 0 Å². The topological polar surface area (TPSA) is 106 Å². The number of hydrogen-bond donors (Lipinski definition) is 2. The van der Waals surface area contributed by atoms with E-state index in [2.05, 4.69) is 21.2 Å². The van der Waals surface area contributed by atoms with Gasteiger partial charge >= 0.3 is 0 Å². The first kappa shape index (κ1) is 27.1. The van der Waals surface area contributed by atoms with Gasteiger partial charge in [0.25, 0.3) is 5.91 Å². The van der Waals surface area contributed by atoms with Gasteiger partial charge < -0.3 is 9.87 Å². The Kier molecular flexibility index (Phi) is 7.97. The zero-order chi connectivity index (χ0) is 27.4. The Morgan fingerprint density at radius 1 is 1.05 bits per heavy atom. The second kappa shape index (κ2) is 11.2. The van der Waals surface area contributed by atoms with Crippen molar-refractivity contribution in [3.8, 4) is 11.8 Å². The summed E-state index contributed by atoms with van der Waals surface area (Å²) < 4.78 is 32.0. The predicted molar refractivity (Wildman–Crippen MR) is 147 cm³/mol. The Morgan fingerprint density at radius 3 is 2.47 bits per heavy atom. The maximum Gasteiger partial charge on any atom is 0.274 e. The predicted octanol–water partition coefficient (Wildman–Crippen LogP) is 5.59. The first-order valence-corrected chi connectivity index (χ1v) is 13.1. The number of nitriles is 1. The summed E-state index contributed by atoms with van der Waals surface area (Å²) in [4.78, 5) is 13.3. The van der Waals surface area contributed by atoms with E-state index in [1.165, 1.54) is 10.7 Å². The van der Waals surface area contributed by atoms with E-state index < -0.39 is 33.9 Å². The third kappa shape index (κ3) is 6.11. The number of carbonyl (C=O) groups is 1. The summed E-state index contributed by atoms with van der Waals surface area (Å²) in [5.41, 5.74) is 3.20. The van der Waals surface area contributed by atoms with Gasteiger partial charge in [-0.25, -0.2) is 9.07 Å². The Morgan fingerprint density at radius 2 is 1.79 bits per heavy atom. The normalized spacial score (nSPS) is 13.0. The van der Waals surface area contributed by atoms with Gasteiger partial charge in [-0.05, 0) is 75.2 Å². The number of rotatable bonds is 7. The first-order chi connectivity index (χ1) is 18.1. The Hall–Kier alpha value is -3.97. The summed E-state index contributed by atoms with van der Waals surface area (Å²) in [7, 11) is 0. The van der Waals surface area contributed by atoms with E-state index in [0.29, 0.717) is 22.5 Å². The van der Waals surface area contributed by atoms with Crippen LogP contribution in [-0.4, -0.2) is 25.0 Å². The number of halogens is 1. The minimum Gasteiger partial charge on any atom is -0.598 e. The summed E-state index contributed by atoms with van der Waals surface area (Å²) in [6.45, 7) is 7.35. The standard InChI is InChI=1S/C29H28FN5O2S/c1-19-15-26(35(33-19)23-12-8-9-20(16-23)18-31)28(36)32-25-17-22(13-14-24(25)30)27(21-10-6-5-7-11-21)34-38(37)29(2,3)4/h5-17,27,34H,1-4H3,(H,32,36)/t27?,38-/m1/s1. The van der Waals surface area contributed by atoms with Crippen LogP contribution in [0, 0.1) is 24.1 Å². The van der Waals surface area contributed by atoms with Gasteiger partial charge in [0.05, 0.1) is 28.7 Å². The average Bonchev–Trinajstić information content (AvgIpc) is 3.30. The molecule has 2 N–H and O–H groups in total. The van der Waals surface area contributed by atoms with Gasteiger partial charge in [-0.3, -0.25) is 4.79 Å². The van der Waals surface area contributed by atoms with E-state index in [1.807, 2.05) is 51.1 Å². The van der Waals surface area contributed by atoms with Gasteiger partial charge in [0.15, 0.2) is 0 Å². The Balaban J connectivity index is 1.68. The number of nitrogens with zero attached hydrogens (tertiary/aromatic N) is 3. The van der Waals surface area contributed by atoms with E-state index >= 15 is 0 Å². The van der Waals surface area contributed by atoms with E-state index in [9.17, 15) is 19.0 Å². The molecule has 0 aliphatic rings. The Bertz CT molecular complexity index is 1490. The summed E-state index contributed by atoms with van der Waals surface area (Å²) >= 11 is -1.41. The smallest absolute Gasteiger partial charge is 0.274 e. The van der Waals surface area contributed by atoms with Gasteiger partial charge in [0, 0.05) is 11.4 Å². The second-order valence-electron chi connectivity index (χ2n) is 9.78. The van der Waals surface area contributed by atoms with Crippen LogP contribution < -0.4 is 10.0 Å². The largest absolute Gasteiger partial charge is 0.598 e. The fraction of sp³-hybridized carbons (Fsp3) is 0.207. The SMILES string of the molecule is Cc1cc(C(=O)Nc2cc(C(N[S@+]([O-])C(C)(C)C)c3ccccc3)ccc2F)n(-c2cccc(C#N)c2)n1. The van der Waals surface area contributed by atoms with Crippen molar-refractivity contribution >= 4 is 23.0 Å². The number of aromatic nitrogens is 2. The van der Waals surface area contributed by atoms with Gasteiger partial charge in [-0.15, -0.1) is 4.72 Å². The molecule has 4 aromatic rings. The second-order valence-corrected chi connectivity index (χ2v) is 11.8. The summed E-state index contributed by atoms with van der Waals surface area (Å²) in [6.07, 6.45) is 0. The summed E-state index contributed by atoms with van der Waals surface area (Å²) in [5.74, 6) is -1.17. The highest BCUT2D eigenvalue weighted by atomic mass is 32.2. The van der Waals surface area contributed by atoms with Crippen LogP contribution in [0.15, 0.2) is 78.9 Å². The summed E-state index contributed by atoms with van der Waals surface area (Å²) in [5, 5.41) is 16.3. The molecule has 0 fully saturated rings. The highest BCUT2D eigenvalue weighted by molar-refractivity contribution is 7.90. The molecule has 3 aromatic carbocycles. The minimum atomic E-state index is -1.41. The Labute approximate surface area is 224 Å². The molecule has 0 bridgehead atoms. The molecule has 9 heteroatoms. The van der Waals surface area contributed by atoms with Gasteiger partial charge in [-0.1, -0.05) is 42.5 Å².